The summed E-state index contributed by atoms with van der Waals surface area (Å²) in [7, 11) is -2.02. The number of nitrogens with two attached hydrogens (primary N) is 2. The Labute approximate surface area is 193 Å². The van der Waals surface area contributed by atoms with Gasteiger partial charge in [-0.2, -0.15) is 0 Å². The average molecular weight is 477 g/mol. The minimum atomic E-state index is -3.50. The van der Waals surface area contributed by atoms with Crippen LogP contribution in [0.5, 0.6) is 11.6 Å². The van der Waals surface area contributed by atoms with E-state index in [1.54, 1.807) is 50.4 Å². The molecule has 2 aromatic rings. The van der Waals surface area contributed by atoms with E-state index in [0.29, 0.717) is 34.8 Å². The zero-order valence-electron chi connectivity index (χ0n) is 19.1. The minimum Gasteiger partial charge on any atom is -0.491 e. The largest absolute Gasteiger partial charge is 0.491 e. The highest BCUT2D eigenvalue weighted by molar-refractivity contribution is 7.90. The Hall–Kier alpha value is -3.11. The number of nitrogens with zero attached hydrogens (tertiary/aromatic N) is 1. The molecule has 0 radical (unpaired) electrons. The number of halogens is 1. The summed E-state index contributed by atoms with van der Waals surface area (Å²) in [5.41, 5.74) is 13.7. The van der Waals surface area contributed by atoms with Crippen LogP contribution in [0.3, 0.4) is 0 Å². The number of dihydropyridines is 1. The molecule has 0 amide bonds. The second-order valence-corrected chi connectivity index (χ2v) is 10.1. The number of hydrogen-bond donors (Lipinski definition) is 3. The maximum absolute atomic E-state index is 14.4. The topological polar surface area (TPSA) is 130 Å². The number of hydrogen-bond acceptors (Lipinski definition) is 8. The molecule has 2 unspecified atom stereocenters. The van der Waals surface area contributed by atoms with Crippen molar-refractivity contribution in [2.24, 2.45) is 11.5 Å². The molecule has 1 aromatic carbocycles. The Morgan fingerprint density at radius 2 is 1.94 bits per heavy atom. The number of methoxy groups -OCH3 is 1. The fourth-order valence-electron chi connectivity index (χ4n) is 3.86. The van der Waals surface area contributed by atoms with E-state index in [-0.39, 0.29) is 17.3 Å². The molecule has 2 heterocycles. The predicted molar refractivity (Wildman–Crippen MR) is 126 cm³/mol. The van der Waals surface area contributed by atoms with Crippen molar-refractivity contribution in [1.82, 2.24) is 10.3 Å². The molecule has 1 aromatic heterocycles. The van der Waals surface area contributed by atoms with Crippen molar-refractivity contribution >= 4 is 15.4 Å². The van der Waals surface area contributed by atoms with Crippen LogP contribution in [0.25, 0.3) is 5.57 Å². The molecule has 0 saturated heterocycles. The Morgan fingerprint density at radius 3 is 2.55 bits per heavy atom. The summed E-state index contributed by atoms with van der Waals surface area (Å²) >= 11 is 0. The van der Waals surface area contributed by atoms with Gasteiger partial charge in [-0.25, -0.2) is 17.8 Å². The van der Waals surface area contributed by atoms with Crippen LogP contribution in [-0.4, -0.2) is 44.8 Å². The Kier molecular flexibility index (Phi) is 6.99. The number of pyridine rings is 1. The van der Waals surface area contributed by atoms with Gasteiger partial charge in [-0.1, -0.05) is 18.2 Å². The van der Waals surface area contributed by atoms with E-state index in [1.165, 1.54) is 13.2 Å². The summed E-state index contributed by atoms with van der Waals surface area (Å²) in [5.74, 6) is -1.00. The number of benzene rings is 1. The van der Waals surface area contributed by atoms with Gasteiger partial charge in [-0.15, -0.1) is 0 Å². The van der Waals surface area contributed by atoms with Crippen LogP contribution in [0, 0.1) is 5.82 Å². The van der Waals surface area contributed by atoms with E-state index >= 15 is 0 Å². The van der Waals surface area contributed by atoms with Gasteiger partial charge in [0.1, 0.15) is 21.3 Å². The quantitative estimate of drug-likeness (QED) is 0.529. The Morgan fingerprint density at radius 1 is 1.24 bits per heavy atom. The molecule has 10 heteroatoms. The summed E-state index contributed by atoms with van der Waals surface area (Å²) < 4.78 is 50.0. The number of aromatic nitrogens is 1. The maximum Gasteiger partial charge on any atom is 0.257 e. The molecule has 178 valence electrons. The summed E-state index contributed by atoms with van der Waals surface area (Å²) in [5, 5.41) is 3.04. The first-order valence-electron chi connectivity index (χ1n) is 10.4. The van der Waals surface area contributed by atoms with E-state index in [0.717, 1.165) is 6.26 Å². The molecular weight excluding hydrogens is 447 g/mol. The summed E-state index contributed by atoms with van der Waals surface area (Å²) in [6, 6.07) is 9.58. The van der Waals surface area contributed by atoms with Crippen molar-refractivity contribution in [3.8, 4) is 11.6 Å². The maximum atomic E-state index is 14.4. The van der Waals surface area contributed by atoms with Crippen LogP contribution < -0.4 is 26.3 Å². The average Bonchev–Trinajstić information content (AvgIpc) is 2.76. The normalized spacial score (nSPS) is 19.5. The molecule has 2 atom stereocenters. The van der Waals surface area contributed by atoms with Gasteiger partial charge in [-0.3, -0.25) is 0 Å². The van der Waals surface area contributed by atoms with Gasteiger partial charge in [0.25, 0.3) is 5.88 Å². The van der Waals surface area contributed by atoms with Crippen molar-refractivity contribution in [2.45, 2.75) is 25.4 Å². The summed E-state index contributed by atoms with van der Waals surface area (Å²) in [6.45, 7) is 3.86. The van der Waals surface area contributed by atoms with Crippen molar-refractivity contribution in [1.29, 1.82) is 0 Å². The number of nitrogens with one attached hydrogen (secondary N) is 1. The minimum absolute atomic E-state index is 0.187. The van der Waals surface area contributed by atoms with E-state index in [1.807, 2.05) is 0 Å². The van der Waals surface area contributed by atoms with Gasteiger partial charge in [-0.05, 0) is 37.6 Å². The second-order valence-electron chi connectivity index (χ2n) is 7.91. The first kappa shape index (κ1) is 24.5. The van der Waals surface area contributed by atoms with E-state index in [2.05, 4.69) is 10.3 Å². The van der Waals surface area contributed by atoms with Crippen molar-refractivity contribution in [3.63, 3.8) is 0 Å². The van der Waals surface area contributed by atoms with E-state index in [9.17, 15) is 12.8 Å². The molecule has 0 bridgehead atoms. The highest BCUT2D eigenvalue weighted by Gasteiger charge is 2.44. The molecule has 1 aliphatic heterocycles. The summed E-state index contributed by atoms with van der Waals surface area (Å²) in [4.78, 5) is 4.50. The molecule has 5 N–H and O–H groups in total. The van der Waals surface area contributed by atoms with Gasteiger partial charge in [0.2, 0.25) is 0 Å². The van der Waals surface area contributed by atoms with E-state index < -0.39 is 27.2 Å². The molecule has 0 fully saturated rings. The third-order valence-corrected chi connectivity index (χ3v) is 6.54. The first-order valence-corrected chi connectivity index (χ1v) is 12.4. The highest BCUT2D eigenvalue weighted by Crippen LogP contribution is 2.39. The first-order chi connectivity index (χ1) is 15.5. The zero-order chi connectivity index (χ0) is 24.4. The predicted octanol–water partition coefficient (Wildman–Crippen LogP) is 2.29. The van der Waals surface area contributed by atoms with Crippen molar-refractivity contribution in [3.05, 3.63) is 70.9 Å². The van der Waals surface area contributed by atoms with Crippen molar-refractivity contribution in [2.75, 3.05) is 25.7 Å². The smallest absolute Gasteiger partial charge is 0.257 e. The molecule has 3 rings (SSSR count). The van der Waals surface area contributed by atoms with Crippen LogP contribution >= 0.6 is 0 Å². The third-order valence-electron chi connectivity index (χ3n) is 5.60. The SMILES string of the molecule is CCOc1nc(C(CS(C)(=O)=O)C2(N)NC=C(c3ccccc3F)C(C)=C2N)ccc1OC. The van der Waals surface area contributed by atoms with Crippen LogP contribution in [0.15, 0.2) is 53.9 Å². The lowest BCUT2D eigenvalue weighted by atomic mass is 9.82. The monoisotopic (exact) mass is 476 g/mol. The molecule has 0 aliphatic carbocycles. The molecule has 8 nitrogen and oxygen atoms in total. The lowest BCUT2D eigenvalue weighted by Crippen LogP contribution is -2.62. The number of ether oxygens (including phenoxy) is 2. The Balaban J connectivity index is 2.12. The van der Waals surface area contributed by atoms with Gasteiger partial charge in [0.15, 0.2) is 5.75 Å². The molecule has 1 aliphatic rings. The van der Waals surface area contributed by atoms with Crippen LogP contribution in [0.1, 0.15) is 31.0 Å². The van der Waals surface area contributed by atoms with Crippen LogP contribution in [0.4, 0.5) is 4.39 Å². The van der Waals surface area contributed by atoms with Crippen LogP contribution in [0.2, 0.25) is 0 Å². The number of rotatable bonds is 8. The molecular formula is C23H29FN4O4S. The fourth-order valence-corrected chi connectivity index (χ4v) is 4.90. The lowest BCUT2D eigenvalue weighted by molar-refractivity contribution is 0.293. The van der Waals surface area contributed by atoms with Gasteiger partial charge in [0, 0.05) is 23.6 Å². The number of sulfone groups is 1. The zero-order valence-corrected chi connectivity index (χ0v) is 19.9. The second kappa shape index (κ2) is 9.40. The Bertz CT molecular complexity index is 1210. The van der Waals surface area contributed by atoms with Crippen LogP contribution in [-0.2, 0) is 9.84 Å². The third kappa shape index (κ3) is 4.96. The standard InChI is InChI=1S/C23H29FN4O4S/c1-5-32-22-20(31-3)11-10-19(28-22)17(13-33(4,29)30)23(26)21(25)14(2)16(12-27-23)15-8-6-7-9-18(15)24/h6-12,17,27H,5,13,25-26H2,1-4H3. The van der Waals surface area contributed by atoms with Gasteiger partial charge < -0.3 is 26.3 Å². The molecule has 0 saturated carbocycles. The fraction of sp³-hybridized carbons (Fsp3) is 0.348. The van der Waals surface area contributed by atoms with Crippen molar-refractivity contribution < 1.29 is 22.3 Å². The van der Waals surface area contributed by atoms with Gasteiger partial charge >= 0.3 is 0 Å². The number of allylic oxidation sites excluding steroid dienone is 2. The molecule has 33 heavy (non-hydrogen) atoms. The van der Waals surface area contributed by atoms with E-state index in [4.69, 9.17) is 20.9 Å². The highest BCUT2D eigenvalue weighted by atomic mass is 32.2. The lowest BCUT2D eigenvalue weighted by Gasteiger charge is -2.41. The summed E-state index contributed by atoms with van der Waals surface area (Å²) in [6.07, 6.45) is 2.68. The van der Waals surface area contributed by atoms with Gasteiger partial charge in [0.05, 0.1) is 36.8 Å². The molecule has 0 spiro atoms.